The summed E-state index contributed by atoms with van der Waals surface area (Å²) in [7, 11) is 3.48. The van der Waals surface area contributed by atoms with Gasteiger partial charge in [-0.05, 0) is 0 Å². The molecule has 1 amide bonds. The lowest BCUT2D eigenvalue weighted by Gasteiger charge is -2.25. The van der Waals surface area contributed by atoms with E-state index >= 15 is 0 Å². The fourth-order valence-corrected chi connectivity index (χ4v) is 1.08. The third kappa shape index (κ3) is 3.25. The molecule has 1 heterocycles. The number of hydrogen-bond donors (Lipinski definition) is 2. The van der Waals surface area contributed by atoms with E-state index in [0.717, 1.165) is 0 Å². The molecule has 0 spiro atoms. The Balaban J connectivity index is 2.52. The first-order chi connectivity index (χ1) is 7.15. The van der Waals surface area contributed by atoms with E-state index in [1.165, 1.54) is 6.20 Å². The average molecular weight is 211 g/mol. The van der Waals surface area contributed by atoms with Crippen LogP contribution in [-0.2, 0) is 9.53 Å². The molecule has 0 bridgehead atoms. The molecule has 6 heteroatoms. The predicted molar refractivity (Wildman–Crippen MR) is 55.9 cm³/mol. The maximum atomic E-state index is 10.9. The van der Waals surface area contributed by atoms with Crippen LogP contribution in [0.1, 0.15) is 0 Å². The van der Waals surface area contributed by atoms with Crippen molar-refractivity contribution in [2.75, 3.05) is 27.3 Å². The Morgan fingerprint density at radius 3 is 3.20 bits per heavy atom. The van der Waals surface area contributed by atoms with E-state index in [1.807, 2.05) is 11.9 Å². The molecule has 1 radical (unpaired) electrons. The predicted octanol–water partition coefficient (Wildman–Crippen LogP) is -1.31. The van der Waals surface area contributed by atoms with Crippen LogP contribution in [-0.4, -0.2) is 50.1 Å². The minimum atomic E-state index is -0.609. The van der Waals surface area contributed by atoms with Gasteiger partial charge in [-0.3, -0.25) is 4.79 Å². The number of hydrogen-bond acceptors (Lipinski definition) is 5. The number of guanidine groups is 1. The van der Waals surface area contributed by atoms with Gasteiger partial charge in [0.2, 0.25) is 5.91 Å². The minimum Gasteiger partial charge on any atom is -0.383 e. The highest BCUT2D eigenvalue weighted by Gasteiger charge is 2.18. The summed E-state index contributed by atoms with van der Waals surface area (Å²) < 4.78 is 4.94. The van der Waals surface area contributed by atoms with E-state index in [1.54, 1.807) is 7.11 Å². The lowest BCUT2D eigenvalue weighted by molar-refractivity contribution is -0.118. The average Bonchev–Trinajstić information content (AvgIpc) is 2.26. The van der Waals surface area contributed by atoms with Crippen LogP contribution in [0.15, 0.2) is 11.2 Å². The number of carbonyl (C=O) groups is 1. The fourth-order valence-electron chi connectivity index (χ4n) is 1.08. The molecule has 6 nitrogen and oxygen atoms in total. The van der Waals surface area contributed by atoms with Crippen LogP contribution in [0.3, 0.4) is 0 Å². The van der Waals surface area contributed by atoms with Gasteiger partial charge in [-0.1, -0.05) is 0 Å². The second-order valence-corrected chi connectivity index (χ2v) is 3.14. The fraction of sp³-hybridized carbons (Fsp3) is 0.556. The van der Waals surface area contributed by atoms with Crippen molar-refractivity contribution in [3.8, 4) is 0 Å². The maximum Gasteiger partial charge on any atom is 0.244 e. The molecule has 3 N–H and O–H groups in total. The smallest absolute Gasteiger partial charge is 0.244 e. The van der Waals surface area contributed by atoms with Crippen molar-refractivity contribution >= 4 is 11.9 Å². The van der Waals surface area contributed by atoms with Gasteiger partial charge < -0.3 is 20.7 Å². The van der Waals surface area contributed by atoms with Gasteiger partial charge in [0.15, 0.2) is 5.96 Å². The Hall–Kier alpha value is -1.56. The summed E-state index contributed by atoms with van der Waals surface area (Å²) in [6.07, 6.45) is 4.15. The molecule has 15 heavy (non-hydrogen) atoms. The van der Waals surface area contributed by atoms with E-state index in [9.17, 15) is 4.79 Å². The van der Waals surface area contributed by atoms with Crippen molar-refractivity contribution < 1.29 is 9.53 Å². The zero-order valence-electron chi connectivity index (χ0n) is 8.86. The first kappa shape index (κ1) is 11.5. The van der Waals surface area contributed by atoms with Crippen LogP contribution < -0.4 is 11.1 Å². The Labute approximate surface area is 88.8 Å². The molecule has 1 unspecified atom stereocenters. The van der Waals surface area contributed by atoms with Crippen molar-refractivity contribution in [1.82, 2.24) is 10.2 Å². The highest BCUT2D eigenvalue weighted by Crippen LogP contribution is 1.97. The van der Waals surface area contributed by atoms with Gasteiger partial charge in [0.25, 0.3) is 0 Å². The van der Waals surface area contributed by atoms with Gasteiger partial charge in [-0.15, -0.1) is 0 Å². The molecule has 0 fully saturated rings. The summed E-state index contributed by atoms with van der Waals surface area (Å²) in [6.45, 7) is 1.27. The topological polar surface area (TPSA) is 79.9 Å². The largest absolute Gasteiger partial charge is 0.383 e. The number of carbonyl (C=O) groups excluding carboxylic acids is 1. The zero-order chi connectivity index (χ0) is 11.3. The number of nitrogens with two attached hydrogens (primary N) is 1. The second-order valence-electron chi connectivity index (χ2n) is 3.14. The van der Waals surface area contributed by atoms with Crippen LogP contribution in [0.2, 0.25) is 0 Å². The Morgan fingerprint density at radius 2 is 2.60 bits per heavy atom. The summed E-state index contributed by atoms with van der Waals surface area (Å²) in [5, 5.41) is 2.87. The maximum absolute atomic E-state index is 10.9. The van der Waals surface area contributed by atoms with Gasteiger partial charge >= 0.3 is 0 Å². The van der Waals surface area contributed by atoms with E-state index in [4.69, 9.17) is 10.5 Å². The summed E-state index contributed by atoms with van der Waals surface area (Å²) in [4.78, 5) is 16.8. The van der Waals surface area contributed by atoms with Gasteiger partial charge in [0.05, 0.1) is 6.61 Å². The molecule has 1 rings (SSSR count). The van der Waals surface area contributed by atoms with Gasteiger partial charge in [-0.2, -0.15) is 0 Å². The quantitative estimate of drug-likeness (QED) is 0.605. The van der Waals surface area contributed by atoms with Crippen LogP contribution in [0.25, 0.3) is 0 Å². The molecule has 1 aliphatic rings. The van der Waals surface area contributed by atoms with Gasteiger partial charge in [-0.25, -0.2) is 4.99 Å². The number of aliphatic imine (C=N–C) groups is 1. The van der Waals surface area contributed by atoms with E-state index in [-0.39, 0.29) is 0 Å². The molecule has 1 atom stereocenters. The number of likely N-dealkylation sites (N-methyl/N-ethyl adjacent to an activating group) is 1. The molecule has 83 valence electrons. The van der Waals surface area contributed by atoms with Crippen LogP contribution in [0, 0.1) is 6.08 Å². The van der Waals surface area contributed by atoms with Crippen molar-refractivity contribution in [1.29, 1.82) is 0 Å². The number of amides is 1. The van der Waals surface area contributed by atoms with Crippen molar-refractivity contribution in [3.63, 3.8) is 0 Å². The minimum absolute atomic E-state index is 0.473. The number of nitrogens with one attached hydrogen (secondary N) is 1. The van der Waals surface area contributed by atoms with E-state index < -0.39 is 11.9 Å². The number of methoxy groups -OCH3 is 1. The highest BCUT2D eigenvalue weighted by atomic mass is 16.5. The van der Waals surface area contributed by atoms with Crippen LogP contribution >= 0.6 is 0 Å². The lowest BCUT2D eigenvalue weighted by Crippen LogP contribution is -2.50. The monoisotopic (exact) mass is 211 g/mol. The molecule has 0 aromatic carbocycles. The van der Waals surface area contributed by atoms with E-state index in [2.05, 4.69) is 16.4 Å². The normalized spacial score (nSPS) is 19.3. The highest BCUT2D eigenvalue weighted by molar-refractivity contribution is 5.90. The molecule has 0 saturated heterocycles. The molecular weight excluding hydrogens is 196 g/mol. The zero-order valence-corrected chi connectivity index (χ0v) is 8.86. The molecular formula is C9H15N4O2. The Kier molecular flexibility index (Phi) is 4.11. The SMILES string of the molecule is COCCN(C)C1=NC=[C]C(C(N)=O)N1. The van der Waals surface area contributed by atoms with Gasteiger partial charge in [0.1, 0.15) is 6.04 Å². The first-order valence-corrected chi connectivity index (χ1v) is 4.56. The Bertz CT molecular complexity index is 288. The number of rotatable bonds is 4. The third-order valence-electron chi connectivity index (χ3n) is 1.98. The van der Waals surface area contributed by atoms with Gasteiger partial charge in [0, 0.05) is 33.0 Å². The molecule has 0 saturated carbocycles. The van der Waals surface area contributed by atoms with Crippen molar-refractivity contribution in [2.24, 2.45) is 10.7 Å². The molecule has 0 aromatic rings. The number of ether oxygens (including phenoxy) is 1. The molecule has 0 aromatic heterocycles. The standard InChI is InChI=1S/C9H15N4O2/c1-13(5-6-15-2)9-11-4-3-7(12-9)8(10)14/h4,7H,5-6H2,1-2H3,(H2,10,14)(H,11,12). The lowest BCUT2D eigenvalue weighted by atomic mass is 10.2. The van der Waals surface area contributed by atoms with Crippen LogP contribution in [0.4, 0.5) is 0 Å². The van der Waals surface area contributed by atoms with Crippen molar-refractivity contribution in [2.45, 2.75) is 6.04 Å². The molecule has 1 aliphatic heterocycles. The Morgan fingerprint density at radius 1 is 1.87 bits per heavy atom. The summed E-state index contributed by atoms with van der Waals surface area (Å²) in [5.41, 5.74) is 5.15. The second kappa shape index (κ2) is 5.35. The summed E-state index contributed by atoms with van der Waals surface area (Å²) in [5.74, 6) is 0.119. The first-order valence-electron chi connectivity index (χ1n) is 4.56. The molecule has 0 aliphatic carbocycles. The summed E-state index contributed by atoms with van der Waals surface area (Å²) in [6, 6.07) is -0.609. The van der Waals surface area contributed by atoms with Crippen molar-refractivity contribution in [3.05, 3.63) is 12.3 Å². The van der Waals surface area contributed by atoms with Crippen LogP contribution in [0.5, 0.6) is 0 Å². The third-order valence-corrected chi connectivity index (χ3v) is 1.98. The van der Waals surface area contributed by atoms with E-state index in [0.29, 0.717) is 19.1 Å². The summed E-state index contributed by atoms with van der Waals surface area (Å²) >= 11 is 0. The number of primary amides is 1. The number of nitrogens with zero attached hydrogens (tertiary/aromatic N) is 2.